The highest BCUT2D eigenvalue weighted by atomic mass is 32.2. The zero-order chi connectivity index (χ0) is 10.4. The van der Waals surface area contributed by atoms with Crippen LogP contribution in [-0.4, -0.2) is 34.8 Å². The SMILES string of the molecule is CC(CC(N)=NO)SCC1CCCO1. The largest absolute Gasteiger partial charge is 0.409 e. The minimum atomic E-state index is 0.303. The molecule has 0 radical (unpaired) electrons. The Morgan fingerprint density at radius 1 is 1.79 bits per heavy atom. The molecule has 2 atom stereocenters. The number of ether oxygens (including phenoxy) is 1. The Kier molecular flexibility index (Phi) is 5.11. The summed E-state index contributed by atoms with van der Waals surface area (Å²) >= 11 is 1.82. The van der Waals surface area contributed by atoms with Crippen molar-refractivity contribution in [2.75, 3.05) is 12.4 Å². The molecule has 1 fully saturated rings. The molecule has 3 N–H and O–H groups in total. The third-order valence-electron chi connectivity index (χ3n) is 2.22. The van der Waals surface area contributed by atoms with Gasteiger partial charge >= 0.3 is 0 Å². The summed E-state index contributed by atoms with van der Waals surface area (Å²) in [7, 11) is 0. The highest BCUT2D eigenvalue weighted by Crippen LogP contribution is 2.21. The molecule has 5 heteroatoms. The predicted molar refractivity (Wildman–Crippen MR) is 58.9 cm³/mol. The van der Waals surface area contributed by atoms with Gasteiger partial charge < -0.3 is 15.7 Å². The number of nitrogens with zero attached hydrogens (tertiary/aromatic N) is 1. The minimum Gasteiger partial charge on any atom is -0.409 e. The van der Waals surface area contributed by atoms with Gasteiger partial charge in [-0.2, -0.15) is 11.8 Å². The Labute approximate surface area is 88.9 Å². The zero-order valence-electron chi connectivity index (χ0n) is 8.48. The maximum atomic E-state index is 8.39. The summed E-state index contributed by atoms with van der Waals surface area (Å²) in [5.41, 5.74) is 5.41. The van der Waals surface area contributed by atoms with Gasteiger partial charge in [0.25, 0.3) is 0 Å². The van der Waals surface area contributed by atoms with Crippen molar-refractivity contribution in [2.24, 2.45) is 10.9 Å². The molecule has 0 aliphatic carbocycles. The molecule has 0 aromatic rings. The van der Waals surface area contributed by atoms with Crippen molar-refractivity contribution in [2.45, 2.75) is 37.5 Å². The number of nitrogens with two attached hydrogens (primary N) is 1. The zero-order valence-corrected chi connectivity index (χ0v) is 9.30. The van der Waals surface area contributed by atoms with Gasteiger partial charge in [0.2, 0.25) is 0 Å². The highest BCUT2D eigenvalue weighted by molar-refractivity contribution is 7.99. The Hall–Kier alpha value is -0.420. The first-order valence-electron chi connectivity index (χ1n) is 4.92. The summed E-state index contributed by atoms with van der Waals surface area (Å²) < 4.78 is 5.50. The van der Waals surface area contributed by atoms with E-state index in [1.54, 1.807) is 0 Å². The number of thioether (sulfide) groups is 1. The normalized spacial score (nSPS) is 25.2. The second-order valence-corrected chi connectivity index (χ2v) is 5.05. The van der Waals surface area contributed by atoms with Crippen LogP contribution < -0.4 is 5.73 Å². The van der Waals surface area contributed by atoms with E-state index >= 15 is 0 Å². The Balaban J connectivity index is 2.10. The molecule has 2 unspecified atom stereocenters. The molecule has 4 nitrogen and oxygen atoms in total. The van der Waals surface area contributed by atoms with Crippen molar-refractivity contribution >= 4 is 17.6 Å². The standard InChI is InChI=1S/C9H18N2O2S/c1-7(5-9(10)11-12)14-6-8-3-2-4-13-8/h7-8,12H,2-6H2,1H3,(H2,10,11). The molecule has 0 aromatic heterocycles. The first kappa shape index (κ1) is 11.7. The van der Waals surface area contributed by atoms with Crippen molar-refractivity contribution in [3.63, 3.8) is 0 Å². The van der Waals surface area contributed by atoms with E-state index < -0.39 is 0 Å². The lowest BCUT2D eigenvalue weighted by Crippen LogP contribution is -2.18. The quantitative estimate of drug-likeness (QED) is 0.317. The van der Waals surface area contributed by atoms with Crippen LogP contribution in [0.4, 0.5) is 0 Å². The molecule has 1 aliphatic heterocycles. The van der Waals surface area contributed by atoms with Crippen LogP contribution in [0.3, 0.4) is 0 Å². The van der Waals surface area contributed by atoms with Crippen LogP contribution in [0.15, 0.2) is 5.16 Å². The van der Waals surface area contributed by atoms with Gasteiger partial charge in [-0.1, -0.05) is 12.1 Å². The lowest BCUT2D eigenvalue weighted by molar-refractivity contribution is 0.129. The van der Waals surface area contributed by atoms with Crippen LogP contribution >= 0.6 is 11.8 Å². The molecule has 1 rings (SSSR count). The van der Waals surface area contributed by atoms with Crippen LogP contribution in [0.2, 0.25) is 0 Å². The number of rotatable bonds is 5. The van der Waals surface area contributed by atoms with Gasteiger partial charge in [0.15, 0.2) is 0 Å². The second kappa shape index (κ2) is 6.14. The topological polar surface area (TPSA) is 67.8 Å². The first-order chi connectivity index (χ1) is 6.72. The lowest BCUT2D eigenvalue weighted by Gasteiger charge is -2.13. The van der Waals surface area contributed by atoms with E-state index in [1.807, 2.05) is 11.8 Å². The van der Waals surface area contributed by atoms with Crippen LogP contribution in [0.1, 0.15) is 26.2 Å². The molecular weight excluding hydrogens is 200 g/mol. The van der Waals surface area contributed by atoms with Crippen molar-refractivity contribution in [1.29, 1.82) is 0 Å². The Morgan fingerprint density at radius 2 is 2.57 bits per heavy atom. The molecule has 1 saturated heterocycles. The van der Waals surface area contributed by atoms with Crippen molar-refractivity contribution in [1.82, 2.24) is 0 Å². The van der Waals surface area contributed by atoms with E-state index in [2.05, 4.69) is 12.1 Å². The molecule has 0 spiro atoms. The Morgan fingerprint density at radius 3 is 3.14 bits per heavy atom. The van der Waals surface area contributed by atoms with Crippen molar-refractivity contribution in [3.05, 3.63) is 0 Å². The average Bonchev–Trinajstić information content (AvgIpc) is 2.67. The van der Waals surface area contributed by atoms with Crippen LogP contribution in [0.25, 0.3) is 0 Å². The molecule has 0 amide bonds. The van der Waals surface area contributed by atoms with E-state index in [0.29, 0.717) is 23.6 Å². The van der Waals surface area contributed by atoms with Crippen molar-refractivity contribution < 1.29 is 9.94 Å². The molecule has 0 aromatic carbocycles. The van der Waals surface area contributed by atoms with Gasteiger partial charge in [0.1, 0.15) is 5.84 Å². The summed E-state index contributed by atoms with van der Waals surface area (Å²) in [6, 6.07) is 0. The third-order valence-corrected chi connectivity index (χ3v) is 3.52. The average molecular weight is 218 g/mol. The predicted octanol–water partition coefficient (Wildman–Crippen LogP) is 1.42. The van der Waals surface area contributed by atoms with Crippen LogP contribution in [0, 0.1) is 0 Å². The van der Waals surface area contributed by atoms with E-state index in [1.165, 1.54) is 12.8 Å². The lowest BCUT2D eigenvalue weighted by atomic mass is 10.3. The van der Waals surface area contributed by atoms with Gasteiger partial charge in [0.05, 0.1) is 6.10 Å². The Bertz CT molecular complexity index is 193. The summed E-state index contributed by atoms with van der Waals surface area (Å²) in [6.07, 6.45) is 3.39. The highest BCUT2D eigenvalue weighted by Gasteiger charge is 2.17. The third kappa shape index (κ3) is 4.19. The van der Waals surface area contributed by atoms with Gasteiger partial charge in [-0.25, -0.2) is 0 Å². The summed E-state index contributed by atoms with van der Waals surface area (Å²) in [5.74, 6) is 1.32. The van der Waals surface area contributed by atoms with E-state index in [4.69, 9.17) is 15.7 Å². The summed E-state index contributed by atoms with van der Waals surface area (Å²) in [4.78, 5) is 0. The number of hydrogen-bond donors (Lipinski definition) is 2. The second-order valence-electron chi connectivity index (χ2n) is 3.57. The fraction of sp³-hybridized carbons (Fsp3) is 0.889. The molecule has 14 heavy (non-hydrogen) atoms. The number of hydrogen-bond acceptors (Lipinski definition) is 4. The van der Waals surface area contributed by atoms with Gasteiger partial charge in [0, 0.05) is 24.0 Å². The smallest absolute Gasteiger partial charge is 0.140 e. The minimum absolute atomic E-state index is 0.303. The molecule has 82 valence electrons. The molecule has 0 bridgehead atoms. The van der Waals surface area contributed by atoms with Gasteiger partial charge in [-0.05, 0) is 12.8 Å². The van der Waals surface area contributed by atoms with E-state index in [0.717, 1.165) is 12.4 Å². The van der Waals surface area contributed by atoms with Gasteiger partial charge in [-0.15, -0.1) is 0 Å². The van der Waals surface area contributed by atoms with E-state index in [9.17, 15) is 0 Å². The summed E-state index contributed by atoms with van der Waals surface area (Å²) in [5, 5.41) is 11.7. The van der Waals surface area contributed by atoms with Gasteiger partial charge in [-0.3, -0.25) is 0 Å². The molecule has 1 aliphatic rings. The summed E-state index contributed by atoms with van der Waals surface area (Å²) in [6.45, 7) is 2.98. The van der Waals surface area contributed by atoms with Crippen LogP contribution in [0.5, 0.6) is 0 Å². The maximum absolute atomic E-state index is 8.39. The van der Waals surface area contributed by atoms with Crippen molar-refractivity contribution in [3.8, 4) is 0 Å². The monoisotopic (exact) mass is 218 g/mol. The molecular formula is C9H18N2O2S. The fourth-order valence-corrected chi connectivity index (χ4v) is 2.54. The van der Waals surface area contributed by atoms with E-state index in [-0.39, 0.29) is 0 Å². The fourth-order valence-electron chi connectivity index (χ4n) is 1.44. The first-order valence-corrected chi connectivity index (χ1v) is 5.97. The molecule has 0 saturated carbocycles. The molecule has 1 heterocycles. The number of amidine groups is 1. The maximum Gasteiger partial charge on any atom is 0.140 e. The van der Waals surface area contributed by atoms with Crippen LogP contribution in [-0.2, 0) is 4.74 Å². The number of oxime groups is 1.